The molecule has 0 radical (unpaired) electrons. The summed E-state index contributed by atoms with van der Waals surface area (Å²) >= 11 is 0. The summed E-state index contributed by atoms with van der Waals surface area (Å²) in [5, 5.41) is 3.15. The Balaban J connectivity index is 2.24. The molecule has 5 nitrogen and oxygen atoms in total. The molecule has 88 valence electrons. The number of hydrogen-bond donors (Lipinski definition) is 2. The Morgan fingerprint density at radius 1 is 1.24 bits per heavy atom. The fourth-order valence-electron chi connectivity index (χ4n) is 1.50. The average molecular weight is 230 g/mol. The molecule has 0 saturated carbocycles. The topological polar surface area (TPSA) is 73.1 Å². The van der Waals surface area contributed by atoms with Gasteiger partial charge in [0.15, 0.2) is 0 Å². The lowest BCUT2D eigenvalue weighted by atomic mass is 10.3. The fourth-order valence-corrected chi connectivity index (χ4v) is 1.50. The van der Waals surface area contributed by atoms with Crippen molar-refractivity contribution in [1.29, 1.82) is 0 Å². The summed E-state index contributed by atoms with van der Waals surface area (Å²) in [7, 11) is 1.63. The fraction of sp³-hybridized carbons (Fsp3) is 0.167. The van der Waals surface area contributed by atoms with Crippen LogP contribution >= 0.6 is 0 Å². The van der Waals surface area contributed by atoms with Gasteiger partial charge in [-0.15, -0.1) is 0 Å². The van der Waals surface area contributed by atoms with Gasteiger partial charge in [0, 0.05) is 23.5 Å². The molecule has 0 spiro atoms. The van der Waals surface area contributed by atoms with Gasteiger partial charge in [-0.3, -0.25) is 0 Å². The third kappa shape index (κ3) is 2.84. The first-order valence-electron chi connectivity index (χ1n) is 5.19. The van der Waals surface area contributed by atoms with E-state index in [1.807, 2.05) is 37.3 Å². The van der Waals surface area contributed by atoms with Crippen LogP contribution in [0.5, 0.6) is 5.75 Å². The molecule has 0 amide bonds. The Hall–Kier alpha value is -2.30. The number of ether oxygens (including phenoxy) is 1. The van der Waals surface area contributed by atoms with Crippen LogP contribution in [0.25, 0.3) is 0 Å². The molecule has 0 atom stereocenters. The third-order valence-electron chi connectivity index (χ3n) is 2.21. The van der Waals surface area contributed by atoms with Crippen LogP contribution in [0.15, 0.2) is 30.3 Å². The Labute approximate surface area is 99.7 Å². The van der Waals surface area contributed by atoms with Crippen LogP contribution in [-0.4, -0.2) is 17.1 Å². The number of rotatable bonds is 3. The summed E-state index contributed by atoms with van der Waals surface area (Å²) in [6, 6.07) is 9.42. The van der Waals surface area contributed by atoms with Crippen LogP contribution in [0.4, 0.5) is 17.5 Å². The molecule has 0 aliphatic rings. The third-order valence-corrected chi connectivity index (χ3v) is 2.21. The van der Waals surface area contributed by atoms with Crippen molar-refractivity contribution in [3.8, 4) is 5.75 Å². The molecule has 0 unspecified atom stereocenters. The Kier molecular flexibility index (Phi) is 3.09. The molecule has 17 heavy (non-hydrogen) atoms. The van der Waals surface area contributed by atoms with Crippen molar-refractivity contribution in [2.75, 3.05) is 18.2 Å². The average Bonchev–Trinajstić information content (AvgIpc) is 2.28. The summed E-state index contributed by atoms with van der Waals surface area (Å²) < 4.78 is 5.14. The molecule has 0 fully saturated rings. The number of benzene rings is 1. The zero-order valence-corrected chi connectivity index (χ0v) is 9.77. The number of methoxy groups -OCH3 is 1. The minimum absolute atomic E-state index is 0.260. The van der Waals surface area contributed by atoms with Gasteiger partial charge in [-0.25, -0.2) is 4.98 Å². The summed E-state index contributed by atoms with van der Waals surface area (Å²) in [5.74, 6) is 1.72. The lowest BCUT2D eigenvalue weighted by Gasteiger charge is -2.08. The van der Waals surface area contributed by atoms with Gasteiger partial charge in [0.2, 0.25) is 5.95 Å². The number of nitrogens with two attached hydrogens (primary N) is 1. The number of nitrogen functional groups attached to an aromatic ring is 1. The van der Waals surface area contributed by atoms with Crippen LogP contribution in [-0.2, 0) is 0 Å². The van der Waals surface area contributed by atoms with Gasteiger partial charge in [0.1, 0.15) is 11.6 Å². The number of anilines is 3. The number of aryl methyl sites for hydroxylation is 1. The molecule has 2 rings (SSSR count). The van der Waals surface area contributed by atoms with E-state index >= 15 is 0 Å². The number of nitrogens with zero attached hydrogens (tertiary/aromatic N) is 2. The number of hydrogen-bond acceptors (Lipinski definition) is 5. The van der Waals surface area contributed by atoms with E-state index < -0.39 is 0 Å². The first-order valence-corrected chi connectivity index (χ1v) is 5.19. The van der Waals surface area contributed by atoms with E-state index in [1.54, 1.807) is 7.11 Å². The Morgan fingerprint density at radius 2 is 2.06 bits per heavy atom. The SMILES string of the molecule is COc1cccc(Nc2cc(C)nc(N)n2)c1. The summed E-state index contributed by atoms with van der Waals surface area (Å²) in [5.41, 5.74) is 7.29. The highest BCUT2D eigenvalue weighted by atomic mass is 16.5. The van der Waals surface area contributed by atoms with E-state index in [4.69, 9.17) is 10.5 Å². The zero-order valence-electron chi connectivity index (χ0n) is 9.77. The van der Waals surface area contributed by atoms with Gasteiger partial charge < -0.3 is 15.8 Å². The van der Waals surface area contributed by atoms with Crippen molar-refractivity contribution in [1.82, 2.24) is 9.97 Å². The summed E-state index contributed by atoms with van der Waals surface area (Å²) in [6.07, 6.45) is 0. The van der Waals surface area contributed by atoms with Crippen molar-refractivity contribution >= 4 is 17.5 Å². The van der Waals surface area contributed by atoms with E-state index in [0.29, 0.717) is 5.82 Å². The van der Waals surface area contributed by atoms with Crippen LogP contribution in [0, 0.1) is 6.92 Å². The van der Waals surface area contributed by atoms with E-state index in [0.717, 1.165) is 17.1 Å². The standard InChI is InChI=1S/C12H14N4O/c1-8-6-11(16-12(13)14-8)15-9-4-3-5-10(7-9)17-2/h3-7H,1-2H3,(H3,13,14,15,16). The molecule has 2 aromatic rings. The molecular formula is C12H14N4O. The predicted molar refractivity (Wildman–Crippen MR) is 67.5 cm³/mol. The minimum Gasteiger partial charge on any atom is -0.497 e. The normalized spacial score (nSPS) is 10.0. The first-order chi connectivity index (χ1) is 8.17. The highest BCUT2D eigenvalue weighted by molar-refractivity contribution is 5.59. The number of nitrogens with one attached hydrogen (secondary N) is 1. The summed E-state index contributed by atoms with van der Waals surface area (Å²) in [6.45, 7) is 1.87. The lowest BCUT2D eigenvalue weighted by molar-refractivity contribution is 0.415. The molecule has 1 aromatic carbocycles. The largest absolute Gasteiger partial charge is 0.497 e. The van der Waals surface area contributed by atoms with Gasteiger partial charge in [0.25, 0.3) is 0 Å². The zero-order chi connectivity index (χ0) is 12.3. The van der Waals surface area contributed by atoms with E-state index in [2.05, 4.69) is 15.3 Å². The second kappa shape index (κ2) is 4.69. The van der Waals surface area contributed by atoms with Gasteiger partial charge in [-0.05, 0) is 19.1 Å². The molecule has 0 saturated heterocycles. The molecule has 1 heterocycles. The van der Waals surface area contributed by atoms with E-state index in [9.17, 15) is 0 Å². The number of aromatic nitrogens is 2. The van der Waals surface area contributed by atoms with Gasteiger partial charge >= 0.3 is 0 Å². The second-order valence-corrected chi connectivity index (χ2v) is 3.61. The Bertz CT molecular complexity index is 507. The maximum atomic E-state index is 5.58. The van der Waals surface area contributed by atoms with Gasteiger partial charge in [0.05, 0.1) is 7.11 Å². The van der Waals surface area contributed by atoms with Crippen molar-refractivity contribution in [2.24, 2.45) is 0 Å². The predicted octanol–water partition coefficient (Wildman–Crippen LogP) is 2.12. The Morgan fingerprint density at radius 3 is 2.76 bits per heavy atom. The van der Waals surface area contributed by atoms with Crippen LogP contribution < -0.4 is 15.8 Å². The van der Waals surface area contributed by atoms with Crippen molar-refractivity contribution in [2.45, 2.75) is 6.92 Å². The quantitative estimate of drug-likeness (QED) is 0.844. The smallest absolute Gasteiger partial charge is 0.222 e. The molecule has 0 aliphatic carbocycles. The summed E-state index contributed by atoms with van der Waals surface area (Å²) in [4.78, 5) is 8.11. The maximum Gasteiger partial charge on any atom is 0.222 e. The van der Waals surface area contributed by atoms with Crippen LogP contribution in [0.3, 0.4) is 0 Å². The van der Waals surface area contributed by atoms with Crippen molar-refractivity contribution in [3.05, 3.63) is 36.0 Å². The molecule has 1 aromatic heterocycles. The second-order valence-electron chi connectivity index (χ2n) is 3.61. The molecule has 0 aliphatic heterocycles. The molecule has 0 bridgehead atoms. The molecule has 5 heteroatoms. The van der Waals surface area contributed by atoms with Crippen LogP contribution in [0.1, 0.15) is 5.69 Å². The van der Waals surface area contributed by atoms with E-state index in [1.165, 1.54) is 0 Å². The first kappa shape index (κ1) is 11.2. The molecule has 3 N–H and O–H groups in total. The van der Waals surface area contributed by atoms with Crippen molar-refractivity contribution in [3.63, 3.8) is 0 Å². The highest BCUT2D eigenvalue weighted by Gasteiger charge is 2.00. The minimum atomic E-state index is 0.260. The monoisotopic (exact) mass is 230 g/mol. The van der Waals surface area contributed by atoms with Gasteiger partial charge in [-0.1, -0.05) is 6.07 Å². The highest BCUT2D eigenvalue weighted by Crippen LogP contribution is 2.20. The van der Waals surface area contributed by atoms with Crippen molar-refractivity contribution < 1.29 is 4.74 Å². The molecular weight excluding hydrogens is 216 g/mol. The van der Waals surface area contributed by atoms with Gasteiger partial charge in [-0.2, -0.15) is 4.98 Å². The maximum absolute atomic E-state index is 5.58. The van der Waals surface area contributed by atoms with E-state index in [-0.39, 0.29) is 5.95 Å². The lowest BCUT2D eigenvalue weighted by Crippen LogP contribution is -2.01. The van der Waals surface area contributed by atoms with Crippen LogP contribution in [0.2, 0.25) is 0 Å².